The highest BCUT2D eigenvalue weighted by Gasteiger charge is 2.46. The van der Waals surface area contributed by atoms with Gasteiger partial charge in [-0.2, -0.15) is 0 Å². The molecule has 1 aliphatic heterocycles. The molecule has 1 saturated heterocycles. The van der Waals surface area contributed by atoms with E-state index in [0.717, 1.165) is 19.3 Å². The van der Waals surface area contributed by atoms with E-state index >= 15 is 0 Å². The highest BCUT2D eigenvalue weighted by atomic mass is 16.5. The summed E-state index contributed by atoms with van der Waals surface area (Å²) in [6, 6.07) is 0. The van der Waals surface area contributed by atoms with Gasteiger partial charge in [-0.25, -0.2) is 4.79 Å². The van der Waals surface area contributed by atoms with Crippen molar-refractivity contribution in [1.29, 1.82) is 0 Å². The summed E-state index contributed by atoms with van der Waals surface area (Å²) < 4.78 is 5.21. The lowest BCUT2D eigenvalue weighted by Gasteiger charge is -2.41. The summed E-state index contributed by atoms with van der Waals surface area (Å²) in [4.78, 5) is 25.4. The summed E-state index contributed by atoms with van der Waals surface area (Å²) in [7, 11) is 1.64. The maximum Gasteiger partial charge on any atom is 0.329 e. The summed E-state index contributed by atoms with van der Waals surface area (Å²) in [5.74, 6) is -1.10. The normalized spacial score (nSPS) is 26.8. The molecule has 102 valence electrons. The molecule has 0 spiro atoms. The number of aliphatic carboxylic acids is 1. The van der Waals surface area contributed by atoms with E-state index in [1.54, 1.807) is 7.05 Å². The van der Waals surface area contributed by atoms with E-state index in [1.165, 1.54) is 4.90 Å². The molecule has 1 atom stereocenters. The van der Waals surface area contributed by atoms with Crippen molar-refractivity contribution in [2.24, 2.45) is 5.92 Å². The number of ether oxygens (including phenoxy) is 1. The summed E-state index contributed by atoms with van der Waals surface area (Å²) in [5, 5.41) is 9.53. The zero-order valence-electron chi connectivity index (χ0n) is 10.9. The van der Waals surface area contributed by atoms with Gasteiger partial charge in [0, 0.05) is 13.7 Å². The molecule has 0 radical (unpaired) electrons. The maximum atomic E-state index is 12.3. The van der Waals surface area contributed by atoms with Gasteiger partial charge in [0.05, 0.1) is 12.5 Å². The highest BCUT2D eigenvalue weighted by molar-refractivity contribution is 5.88. The molecular weight excluding hydrogens is 234 g/mol. The van der Waals surface area contributed by atoms with Crippen LogP contribution in [0.2, 0.25) is 0 Å². The van der Waals surface area contributed by atoms with Crippen LogP contribution in [0.3, 0.4) is 0 Å². The molecular formula is C13H21NO4. The fourth-order valence-corrected chi connectivity index (χ4v) is 3.04. The molecule has 1 N–H and O–H groups in total. The number of carboxylic acids is 1. The average Bonchev–Trinajstić information content (AvgIpc) is 2.91. The van der Waals surface area contributed by atoms with Gasteiger partial charge < -0.3 is 14.7 Å². The molecule has 1 saturated carbocycles. The first-order valence-electron chi connectivity index (χ1n) is 6.67. The van der Waals surface area contributed by atoms with Gasteiger partial charge in [0.15, 0.2) is 0 Å². The minimum Gasteiger partial charge on any atom is -0.479 e. The molecule has 2 aliphatic rings. The largest absolute Gasteiger partial charge is 0.479 e. The smallest absolute Gasteiger partial charge is 0.329 e. The second-order valence-corrected chi connectivity index (χ2v) is 5.36. The number of hydrogen-bond donors (Lipinski definition) is 1. The van der Waals surface area contributed by atoms with E-state index in [1.807, 2.05) is 0 Å². The van der Waals surface area contributed by atoms with Crippen molar-refractivity contribution in [2.45, 2.75) is 44.1 Å². The Kier molecular flexibility index (Phi) is 3.90. The molecule has 1 aliphatic carbocycles. The van der Waals surface area contributed by atoms with Crippen LogP contribution in [0.25, 0.3) is 0 Å². The van der Waals surface area contributed by atoms with Gasteiger partial charge in [0.25, 0.3) is 0 Å². The van der Waals surface area contributed by atoms with Gasteiger partial charge in [-0.1, -0.05) is 19.3 Å². The van der Waals surface area contributed by atoms with Crippen LogP contribution in [-0.2, 0) is 14.3 Å². The van der Waals surface area contributed by atoms with Gasteiger partial charge >= 0.3 is 5.97 Å². The third kappa shape index (κ3) is 2.23. The average molecular weight is 255 g/mol. The van der Waals surface area contributed by atoms with Crippen molar-refractivity contribution in [2.75, 3.05) is 20.3 Å². The molecule has 0 bridgehead atoms. The fraction of sp³-hybridized carbons (Fsp3) is 0.846. The molecule has 5 nitrogen and oxygen atoms in total. The lowest BCUT2D eigenvalue weighted by Crippen LogP contribution is -2.57. The Morgan fingerprint density at radius 1 is 1.28 bits per heavy atom. The number of carbonyl (C=O) groups is 2. The van der Waals surface area contributed by atoms with Gasteiger partial charge in [0.1, 0.15) is 5.54 Å². The summed E-state index contributed by atoms with van der Waals surface area (Å²) in [6.07, 6.45) is 4.66. The van der Waals surface area contributed by atoms with E-state index in [2.05, 4.69) is 0 Å². The van der Waals surface area contributed by atoms with Crippen LogP contribution >= 0.6 is 0 Å². The summed E-state index contributed by atoms with van der Waals surface area (Å²) in [6.45, 7) is 1.03. The summed E-state index contributed by atoms with van der Waals surface area (Å²) in [5.41, 5.74) is -0.988. The van der Waals surface area contributed by atoms with Crippen molar-refractivity contribution < 1.29 is 19.4 Å². The molecule has 1 amide bonds. The maximum absolute atomic E-state index is 12.3. The van der Waals surface area contributed by atoms with E-state index in [-0.39, 0.29) is 11.8 Å². The van der Waals surface area contributed by atoms with Crippen LogP contribution in [0.1, 0.15) is 38.5 Å². The number of hydrogen-bond acceptors (Lipinski definition) is 3. The number of likely N-dealkylation sites (N-methyl/N-ethyl adjacent to an activating group) is 1. The number of amides is 1. The molecule has 2 rings (SSSR count). The van der Waals surface area contributed by atoms with Crippen LogP contribution < -0.4 is 0 Å². The Morgan fingerprint density at radius 2 is 1.94 bits per heavy atom. The third-order valence-corrected chi connectivity index (χ3v) is 4.33. The van der Waals surface area contributed by atoms with E-state index in [0.29, 0.717) is 32.5 Å². The van der Waals surface area contributed by atoms with E-state index in [9.17, 15) is 14.7 Å². The zero-order chi connectivity index (χ0) is 13.2. The molecule has 1 unspecified atom stereocenters. The fourth-order valence-electron chi connectivity index (χ4n) is 3.04. The number of rotatable bonds is 3. The minimum atomic E-state index is -0.988. The summed E-state index contributed by atoms with van der Waals surface area (Å²) >= 11 is 0. The molecule has 1 heterocycles. The molecule has 0 aromatic heterocycles. The molecule has 2 fully saturated rings. The first-order valence-corrected chi connectivity index (χ1v) is 6.67. The van der Waals surface area contributed by atoms with Crippen LogP contribution in [0.15, 0.2) is 0 Å². The predicted molar refractivity (Wildman–Crippen MR) is 65.1 cm³/mol. The van der Waals surface area contributed by atoms with Crippen molar-refractivity contribution in [3.05, 3.63) is 0 Å². The Labute approximate surface area is 107 Å². The number of nitrogens with zero attached hydrogens (tertiary/aromatic N) is 1. The van der Waals surface area contributed by atoms with Gasteiger partial charge in [-0.05, 0) is 19.3 Å². The Hall–Kier alpha value is -1.10. The lowest BCUT2D eigenvalue weighted by molar-refractivity contribution is -0.162. The quantitative estimate of drug-likeness (QED) is 0.824. The monoisotopic (exact) mass is 255 g/mol. The third-order valence-electron chi connectivity index (χ3n) is 4.33. The second-order valence-electron chi connectivity index (χ2n) is 5.36. The molecule has 18 heavy (non-hydrogen) atoms. The van der Waals surface area contributed by atoms with Crippen LogP contribution in [0.5, 0.6) is 0 Å². The van der Waals surface area contributed by atoms with Crippen LogP contribution in [-0.4, -0.2) is 47.7 Å². The molecule has 0 aromatic carbocycles. The van der Waals surface area contributed by atoms with Crippen LogP contribution in [0.4, 0.5) is 0 Å². The Bertz CT molecular complexity index is 330. The van der Waals surface area contributed by atoms with Gasteiger partial charge in [-0.3, -0.25) is 4.79 Å². The van der Waals surface area contributed by atoms with Crippen molar-refractivity contribution >= 4 is 11.9 Å². The van der Waals surface area contributed by atoms with Crippen molar-refractivity contribution in [3.63, 3.8) is 0 Å². The predicted octanol–water partition coefficient (Wildman–Crippen LogP) is 1.27. The minimum absolute atomic E-state index is 0.0724. The van der Waals surface area contributed by atoms with Crippen LogP contribution in [0, 0.1) is 5.92 Å². The first-order chi connectivity index (χ1) is 8.58. The topological polar surface area (TPSA) is 66.8 Å². The highest BCUT2D eigenvalue weighted by Crippen LogP contribution is 2.34. The molecule has 5 heteroatoms. The standard InChI is InChI=1S/C13H21NO4/c1-14(11(15)10-5-8-18-9-10)13(12(16)17)6-3-2-4-7-13/h10H,2-9H2,1H3,(H,16,17). The van der Waals surface area contributed by atoms with E-state index in [4.69, 9.17) is 4.74 Å². The molecule has 0 aromatic rings. The van der Waals surface area contributed by atoms with Crippen molar-refractivity contribution in [1.82, 2.24) is 4.90 Å². The number of carbonyl (C=O) groups excluding carboxylic acids is 1. The van der Waals surface area contributed by atoms with E-state index < -0.39 is 11.5 Å². The van der Waals surface area contributed by atoms with Crippen molar-refractivity contribution in [3.8, 4) is 0 Å². The first kappa shape index (κ1) is 13.3. The Balaban J connectivity index is 2.14. The lowest BCUT2D eigenvalue weighted by atomic mass is 9.80. The number of carboxylic acid groups (broad SMARTS) is 1. The van der Waals surface area contributed by atoms with Gasteiger partial charge in [-0.15, -0.1) is 0 Å². The van der Waals surface area contributed by atoms with Gasteiger partial charge in [0.2, 0.25) is 5.91 Å². The zero-order valence-corrected chi connectivity index (χ0v) is 10.9. The Morgan fingerprint density at radius 3 is 2.44 bits per heavy atom. The second kappa shape index (κ2) is 5.26. The SMILES string of the molecule is CN(C(=O)C1CCOC1)C1(C(=O)O)CCCCC1.